The largest absolute Gasteiger partial charge is 0.454 e. The zero-order valence-corrected chi connectivity index (χ0v) is 9.74. The van der Waals surface area contributed by atoms with Crippen LogP contribution in [0.2, 0.25) is 0 Å². The molecule has 1 aromatic carbocycles. The first kappa shape index (κ1) is 9.53. The Bertz CT molecular complexity index is 553. The van der Waals surface area contributed by atoms with Crippen LogP contribution in [0.4, 0.5) is 5.95 Å². The summed E-state index contributed by atoms with van der Waals surface area (Å²) in [4.78, 5) is 7.07. The maximum Gasteiger partial charge on any atom is 0.231 e. The monoisotopic (exact) mass is 281 g/mol. The number of hydrogen-bond donors (Lipinski definition) is 2. The number of anilines is 1. The molecule has 16 heavy (non-hydrogen) atoms. The zero-order chi connectivity index (χ0) is 11.1. The van der Waals surface area contributed by atoms with E-state index in [2.05, 4.69) is 25.9 Å². The SMILES string of the molecule is Nc1nc(-c2ccc3c(c2)OCO3)c(Br)[nH]1. The third-order valence-corrected chi connectivity index (χ3v) is 2.90. The summed E-state index contributed by atoms with van der Waals surface area (Å²) < 4.78 is 11.3. The van der Waals surface area contributed by atoms with E-state index in [1.54, 1.807) is 0 Å². The molecule has 0 radical (unpaired) electrons. The van der Waals surface area contributed by atoms with Gasteiger partial charge in [-0.15, -0.1) is 0 Å². The van der Waals surface area contributed by atoms with E-state index in [9.17, 15) is 0 Å². The second-order valence-electron chi connectivity index (χ2n) is 3.35. The molecule has 0 saturated carbocycles. The molecule has 0 amide bonds. The minimum Gasteiger partial charge on any atom is -0.454 e. The van der Waals surface area contributed by atoms with E-state index in [-0.39, 0.29) is 6.79 Å². The Labute approximate surface area is 99.7 Å². The average molecular weight is 282 g/mol. The summed E-state index contributed by atoms with van der Waals surface area (Å²) in [5.41, 5.74) is 7.26. The lowest BCUT2D eigenvalue weighted by atomic mass is 10.1. The van der Waals surface area contributed by atoms with E-state index >= 15 is 0 Å². The van der Waals surface area contributed by atoms with Gasteiger partial charge < -0.3 is 20.2 Å². The maximum atomic E-state index is 5.58. The van der Waals surface area contributed by atoms with Crippen molar-refractivity contribution in [2.75, 3.05) is 12.5 Å². The highest BCUT2D eigenvalue weighted by atomic mass is 79.9. The second-order valence-corrected chi connectivity index (χ2v) is 4.15. The summed E-state index contributed by atoms with van der Waals surface area (Å²) in [6, 6.07) is 5.64. The van der Waals surface area contributed by atoms with E-state index in [1.807, 2.05) is 18.2 Å². The molecule has 0 bridgehead atoms. The van der Waals surface area contributed by atoms with Crippen LogP contribution in [0.1, 0.15) is 0 Å². The summed E-state index contributed by atoms with van der Waals surface area (Å²) >= 11 is 3.36. The van der Waals surface area contributed by atoms with Gasteiger partial charge in [0.1, 0.15) is 10.3 Å². The van der Waals surface area contributed by atoms with Crippen LogP contribution >= 0.6 is 15.9 Å². The minimum absolute atomic E-state index is 0.267. The predicted molar refractivity (Wildman–Crippen MR) is 62.3 cm³/mol. The lowest BCUT2D eigenvalue weighted by molar-refractivity contribution is 0.174. The number of ether oxygens (including phenoxy) is 2. The lowest BCUT2D eigenvalue weighted by Gasteiger charge is -2.00. The Morgan fingerprint density at radius 1 is 1.31 bits per heavy atom. The molecule has 0 spiro atoms. The highest BCUT2D eigenvalue weighted by Gasteiger charge is 2.16. The number of nitrogens with two attached hydrogens (primary N) is 1. The van der Waals surface area contributed by atoms with Gasteiger partial charge in [0.15, 0.2) is 17.4 Å². The fourth-order valence-electron chi connectivity index (χ4n) is 1.60. The Hall–Kier alpha value is -1.69. The molecule has 3 rings (SSSR count). The fourth-order valence-corrected chi connectivity index (χ4v) is 2.12. The van der Waals surface area contributed by atoms with Crippen LogP contribution in [0.5, 0.6) is 11.5 Å². The lowest BCUT2D eigenvalue weighted by Crippen LogP contribution is -1.92. The maximum absolute atomic E-state index is 5.58. The smallest absolute Gasteiger partial charge is 0.231 e. The molecular weight excluding hydrogens is 274 g/mol. The number of halogens is 1. The number of aromatic nitrogens is 2. The molecule has 1 aliphatic rings. The van der Waals surface area contributed by atoms with Crippen LogP contribution in [0.3, 0.4) is 0 Å². The molecule has 5 nitrogen and oxygen atoms in total. The molecule has 1 aliphatic heterocycles. The van der Waals surface area contributed by atoms with Crippen LogP contribution in [-0.2, 0) is 0 Å². The number of rotatable bonds is 1. The molecular formula is C10H8BrN3O2. The quantitative estimate of drug-likeness (QED) is 0.840. The molecule has 0 aliphatic carbocycles. The molecule has 2 heterocycles. The van der Waals surface area contributed by atoms with E-state index in [4.69, 9.17) is 15.2 Å². The van der Waals surface area contributed by atoms with Crippen molar-refractivity contribution in [2.45, 2.75) is 0 Å². The number of aromatic amines is 1. The molecule has 3 N–H and O–H groups in total. The van der Waals surface area contributed by atoms with Crippen molar-refractivity contribution in [3.63, 3.8) is 0 Å². The van der Waals surface area contributed by atoms with Gasteiger partial charge in [-0.1, -0.05) is 0 Å². The van der Waals surface area contributed by atoms with Gasteiger partial charge in [0.05, 0.1) is 0 Å². The van der Waals surface area contributed by atoms with E-state index in [1.165, 1.54) is 0 Å². The summed E-state index contributed by atoms with van der Waals surface area (Å²) in [6.45, 7) is 0.267. The highest BCUT2D eigenvalue weighted by Crippen LogP contribution is 2.37. The summed E-state index contributed by atoms with van der Waals surface area (Å²) in [5.74, 6) is 1.86. The van der Waals surface area contributed by atoms with Crippen LogP contribution < -0.4 is 15.2 Å². The van der Waals surface area contributed by atoms with Gasteiger partial charge >= 0.3 is 0 Å². The Morgan fingerprint density at radius 3 is 2.88 bits per heavy atom. The van der Waals surface area contributed by atoms with Crippen LogP contribution in [0.15, 0.2) is 22.8 Å². The first-order chi connectivity index (χ1) is 7.74. The van der Waals surface area contributed by atoms with Gasteiger partial charge in [-0.05, 0) is 34.1 Å². The number of benzene rings is 1. The summed E-state index contributed by atoms with van der Waals surface area (Å²) in [7, 11) is 0. The number of fused-ring (bicyclic) bond motifs is 1. The van der Waals surface area contributed by atoms with Crippen molar-refractivity contribution in [3.05, 3.63) is 22.8 Å². The first-order valence-corrected chi connectivity index (χ1v) is 5.44. The molecule has 0 fully saturated rings. The zero-order valence-electron chi connectivity index (χ0n) is 8.16. The molecule has 2 aromatic rings. The van der Waals surface area contributed by atoms with E-state index < -0.39 is 0 Å². The van der Waals surface area contributed by atoms with Crippen LogP contribution in [0, 0.1) is 0 Å². The number of H-pyrrole nitrogens is 1. The molecule has 0 unspecified atom stereocenters. The van der Waals surface area contributed by atoms with Crippen molar-refractivity contribution in [2.24, 2.45) is 0 Å². The van der Waals surface area contributed by atoms with Gasteiger partial charge in [0.25, 0.3) is 0 Å². The molecule has 82 valence electrons. The Kier molecular flexibility index (Phi) is 2.03. The number of imidazole rings is 1. The second kappa shape index (κ2) is 3.41. The summed E-state index contributed by atoms with van der Waals surface area (Å²) in [5, 5.41) is 0. The van der Waals surface area contributed by atoms with Crippen molar-refractivity contribution in [1.29, 1.82) is 0 Å². The Morgan fingerprint density at radius 2 is 2.12 bits per heavy atom. The van der Waals surface area contributed by atoms with Gasteiger partial charge in [-0.2, -0.15) is 0 Å². The highest BCUT2D eigenvalue weighted by molar-refractivity contribution is 9.10. The normalized spacial score (nSPS) is 13.1. The third-order valence-electron chi connectivity index (χ3n) is 2.32. The van der Waals surface area contributed by atoms with Crippen molar-refractivity contribution >= 4 is 21.9 Å². The first-order valence-electron chi connectivity index (χ1n) is 4.65. The number of nitrogens with one attached hydrogen (secondary N) is 1. The predicted octanol–water partition coefficient (Wildman–Crippen LogP) is 2.15. The van der Waals surface area contributed by atoms with Crippen LogP contribution in [-0.4, -0.2) is 16.8 Å². The fraction of sp³-hybridized carbons (Fsp3) is 0.100. The van der Waals surface area contributed by atoms with Crippen molar-refractivity contribution in [1.82, 2.24) is 9.97 Å². The molecule has 0 saturated heterocycles. The average Bonchev–Trinajstić information content (AvgIpc) is 2.83. The van der Waals surface area contributed by atoms with Gasteiger partial charge in [0.2, 0.25) is 6.79 Å². The van der Waals surface area contributed by atoms with Gasteiger partial charge in [-0.25, -0.2) is 4.98 Å². The molecule has 6 heteroatoms. The van der Waals surface area contributed by atoms with Gasteiger partial charge in [0, 0.05) is 5.56 Å². The standard InChI is InChI=1S/C10H8BrN3O2/c11-9-8(13-10(12)14-9)5-1-2-6-7(3-5)16-4-15-6/h1-3H,4H2,(H3,12,13,14). The topological polar surface area (TPSA) is 73.2 Å². The number of nitrogen functional groups attached to an aromatic ring is 1. The van der Waals surface area contributed by atoms with E-state index in [0.29, 0.717) is 5.95 Å². The van der Waals surface area contributed by atoms with Crippen LogP contribution in [0.25, 0.3) is 11.3 Å². The van der Waals surface area contributed by atoms with Gasteiger partial charge in [-0.3, -0.25) is 0 Å². The molecule has 0 atom stereocenters. The summed E-state index contributed by atoms with van der Waals surface area (Å²) in [6.07, 6.45) is 0. The molecule has 1 aromatic heterocycles. The van der Waals surface area contributed by atoms with E-state index in [0.717, 1.165) is 27.4 Å². The van der Waals surface area contributed by atoms with Crippen molar-refractivity contribution in [3.8, 4) is 22.8 Å². The minimum atomic E-state index is 0.267. The number of nitrogens with zero attached hydrogens (tertiary/aromatic N) is 1. The number of hydrogen-bond acceptors (Lipinski definition) is 4. The third kappa shape index (κ3) is 1.42. The Balaban J connectivity index is 2.10. The van der Waals surface area contributed by atoms with Crippen molar-refractivity contribution < 1.29 is 9.47 Å².